The molecule has 0 aliphatic heterocycles. The highest BCUT2D eigenvalue weighted by Crippen LogP contribution is 2.25. The van der Waals surface area contributed by atoms with Crippen LogP contribution < -0.4 is 5.73 Å². The predicted molar refractivity (Wildman–Crippen MR) is 56.9 cm³/mol. The summed E-state index contributed by atoms with van der Waals surface area (Å²) in [7, 11) is 0. The van der Waals surface area contributed by atoms with Crippen LogP contribution in [0.5, 0.6) is 0 Å². The molecule has 0 aliphatic rings. The van der Waals surface area contributed by atoms with E-state index in [-0.39, 0.29) is 18.2 Å². The maximum atomic E-state index is 12.7. The van der Waals surface area contributed by atoms with Crippen LogP contribution in [0.2, 0.25) is 0 Å². The van der Waals surface area contributed by atoms with E-state index in [2.05, 4.69) is 0 Å². The van der Waals surface area contributed by atoms with Gasteiger partial charge < -0.3 is 5.73 Å². The molecule has 0 fully saturated rings. The minimum absolute atomic E-state index is 0. The zero-order valence-corrected chi connectivity index (χ0v) is 8.42. The molecule has 0 bridgehead atoms. The van der Waals surface area contributed by atoms with Crippen LogP contribution in [-0.2, 0) is 6.54 Å². The fourth-order valence-corrected chi connectivity index (χ4v) is 2.09. The van der Waals surface area contributed by atoms with Gasteiger partial charge >= 0.3 is 0 Å². The minimum Gasteiger partial charge on any atom is -0.326 e. The summed E-state index contributed by atoms with van der Waals surface area (Å²) in [6.45, 7) is 0.529. The van der Waals surface area contributed by atoms with Crippen molar-refractivity contribution in [3.8, 4) is 0 Å². The summed E-state index contributed by atoms with van der Waals surface area (Å²) >= 11 is 1.61. The van der Waals surface area contributed by atoms with Crippen molar-refractivity contribution in [1.29, 1.82) is 0 Å². The van der Waals surface area contributed by atoms with E-state index in [1.54, 1.807) is 17.4 Å². The molecule has 4 heteroatoms. The zero-order valence-electron chi connectivity index (χ0n) is 6.79. The van der Waals surface area contributed by atoms with Gasteiger partial charge in [-0.2, -0.15) is 0 Å². The van der Waals surface area contributed by atoms with Crippen molar-refractivity contribution in [3.63, 3.8) is 0 Å². The molecular weight excluding hydrogens is 209 g/mol. The van der Waals surface area contributed by atoms with Crippen molar-refractivity contribution in [3.05, 3.63) is 35.0 Å². The van der Waals surface area contributed by atoms with Gasteiger partial charge in [0.25, 0.3) is 0 Å². The summed E-state index contributed by atoms with van der Waals surface area (Å²) in [5.41, 5.74) is 5.47. The summed E-state index contributed by atoms with van der Waals surface area (Å²) < 4.78 is 13.8. The molecule has 2 rings (SSSR count). The molecule has 0 aliphatic carbocycles. The number of thiophene rings is 1. The molecule has 1 aromatic carbocycles. The lowest BCUT2D eigenvalue weighted by Gasteiger charge is -1.86. The Morgan fingerprint density at radius 1 is 1.31 bits per heavy atom. The highest BCUT2D eigenvalue weighted by molar-refractivity contribution is 7.19. The van der Waals surface area contributed by atoms with E-state index in [1.165, 1.54) is 12.1 Å². The number of nitrogens with two attached hydrogens (primary N) is 1. The molecule has 2 aromatic rings. The van der Waals surface area contributed by atoms with E-state index < -0.39 is 0 Å². The van der Waals surface area contributed by atoms with Gasteiger partial charge in [0, 0.05) is 16.1 Å². The first-order chi connectivity index (χ1) is 5.79. The first kappa shape index (κ1) is 10.4. The molecule has 0 spiro atoms. The number of hydrogen-bond donors (Lipinski definition) is 1. The van der Waals surface area contributed by atoms with Crippen LogP contribution >= 0.6 is 23.7 Å². The van der Waals surface area contributed by atoms with Gasteiger partial charge in [0.2, 0.25) is 0 Å². The van der Waals surface area contributed by atoms with Crippen LogP contribution in [0.3, 0.4) is 0 Å². The van der Waals surface area contributed by atoms with E-state index in [0.29, 0.717) is 6.54 Å². The lowest BCUT2D eigenvalue weighted by molar-refractivity contribution is 0.630. The third-order valence-corrected chi connectivity index (χ3v) is 2.87. The van der Waals surface area contributed by atoms with E-state index in [0.717, 1.165) is 15.0 Å². The summed E-state index contributed by atoms with van der Waals surface area (Å²) in [5.74, 6) is -0.191. The minimum atomic E-state index is -0.191. The average Bonchev–Trinajstić information content (AvgIpc) is 2.46. The molecule has 1 aromatic heterocycles. The van der Waals surface area contributed by atoms with Crippen LogP contribution in [0, 0.1) is 5.82 Å². The van der Waals surface area contributed by atoms with E-state index in [1.807, 2.05) is 6.07 Å². The van der Waals surface area contributed by atoms with Crippen LogP contribution in [0.4, 0.5) is 4.39 Å². The number of rotatable bonds is 1. The summed E-state index contributed by atoms with van der Waals surface area (Å²) in [5, 5.41) is 0.945. The quantitative estimate of drug-likeness (QED) is 0.781. The summed E-state index contributed by atoms with van der Waals surface area (Å²) in [6, 6.07) is 6.72. The van der Waals surface area contributed by atoms with Crippen LogP contribution in [-0.4, -0.2) is 0 Å². The number of fused-ring (bicyclic) bond motifs is 1. The lowest BCUT2D eigenvalue weighted by Crippen LogP contribution is -1.90. The normalized spacial score (nSPS) is 10.0. The Morgan fingerprint density at radius 2 is 2.08 bits per heavy atom. The van der Waals surface area contributed by atoms with Crippen molar-refractivity contribution in [1.82, 2.24) is 0 Å². The van der Waals surface area contributed by atoms with Crippen molar-refractivity contribution in [2.45, 2.75) is 6.54 Å². The fourth-order valence-electron chi connectivity index (χ4n) is 1.17. The molecule has 1 heterocycles. The van der Waals surface area contributed by atoms with Gasteiger partial charge in [-0.25, -0.2) is 4.39 Å². The molecule has 70 valence electrons. The van der Waals surface area contributed by atoms with Gasteiger partial charge in [0.15, 0.2) is 0 Å². The van der Waals surface area contributed by atoms with Crippen molar-refractivity contribution in [2.75, 3.05) is 0 Å². The number of benzene rings is 1. The smallest absolute Gasteiger partial charge is 0.123 e. The zero-order chi connectivity index (χ0) is 8.55. The van der Waals surface area contributed by atoms with Crippen LogP contribution in [0.15, 0.2) is 24.3 Å². The van der Waals surface area contributed by atoms with Crippen molar-refractivity contribution in [2.24, 2.45) is 5.73 Å². The van der Waals surface area contributed by atoms with Crippen molar-refractivity contribution < 1.29 is 4.39 Å². The molecule has 13 heavy (non-hydrogen) atoms. The topological polar surface area (TPSA) is 26.0 Å². The molecule has 0 atom stereocenters. The second-order valence-corrected chi connectivity index (χ2v) is 3.77. The molecule has 0 radical (unpaired) electrons. The Kier molecular flexibility index (Phi) is 3.25. The highest BCUT2D eigenvalue weighted by atomic mass is 35.5. The van der Waals surface area contributed by atoms with Gasteiger partial charge in [-0.15, -0.1) is 23.7 Å². The van der Waals surface area contributed by atoms with Gasteiger partial charge in [0.05, 0.1) is 0 Å². The first-order valence-electron chi connectivity index (χ1n) is 3.67. The largest absolute Gasteiger partial charge is 0.326 e. The monoisotopic (exact) mass is 217 g/mol. The number of halogens is 2. The van der Waals surface area contributed by atoms with E-state index >= 15 is 0 Å². The van der Waals surface area contributed by atoms with Gasteiger partial charge in [0.1, 0.15) is 5.82 Å². The lowest BCUT2D eigenvalue weighted by atomic mass is 10.2. The van der Waals surface area contributed by atoms with Crippen LogP contribution in [0.1, 0.15) is 4.88 Å². The predicted octanol–water partition coefficient (Wildman–Crippen LogP) is 2.92. The third-order valence-electron chi connectivity index (χ3n) is 1.73. The molecular formula is C9H9ClFNS. The third kappa shape index (κ3) is 1.99. The number of hydrogen-bond acceptors (Lipinski definition) is 2. The second-order valence-electron chi connectivity index (χ2n) is 2.60. The molecule has 2 N–H and O–H groups in total. The van der Waals surface area contributed by atoms with E-state index in [9.17, 15) is 4.39 Å². The van der Waals surface area contributed by atoms with Gasteiger partial charge in [-0.05, 0) is 29.7 Å². The molecule has 0 amide bonds. The molecule has 0 saturated carbocycles. The Morgan fingerprint density at radius 3 is 2.77 bits per heavy atom. The Labute approximate surface area is 85.8 Å². The Hall–Kier alpha value is -0.640. The second kappa shape index (κ2) is 4.05. The molecule has 0 unspecified atom stereocenters. The first-order valence-corrected chi connectivity index (χ1v) is 4.49. The Bertz CT molecular complexity index is 413. The van der Waals surface area contributed by atoms with Crippen LogP contribution in [0.25, 0.3) is 10.1 Å². The molecule has 0 saturated heterocycles. The summed E-state index contributed by atoms with van der Waals surface area (Å²) in [6.07, 6.45) is 0. The fraction of sp³-hybridized carbons (Fsp3) is 0.111. The van der Waals surface area contributed by atoms with Gasteiger partial charge in [-0.3, -0.25) is 0 Å². The van der Waals surface area contributed by atoms with Crippen molar-refractivity contribution >= 4 is 33.8 Å². The van der Waals surface area contributed by atoms with Gasteiger partial charge in [-0.1, -0.05) is 0 Å². The maximum absolute atomic E-state index is 12.7. The standard InChI is InChI=1S/C9H8FNS.ClH/c10-7-1-2-9-6(3-7)4-8(5-11)12-9;/h1-4H,5,11H2;1H. The highest BCUT2D eigenvalue weighted by Gasteiger charge is 2.00. The SMILES string of the molecule is Cl.NCc1cc2cc(F)ccc2s1. The average molecular weight is 218 g/mol. The Balaban J connectivity index is 0.000000845. The maximum Gasteiger partial charge on any atom is 0.123 e. The molecule has 1 nitrogen and oxygen atoms in total. The summed E-state index contributed by atoms with van der Waals surface area (Å²) in [4.78, 5) is 1.09. The van der Waals surface area contributed by atoms with E-state index in [4.69, 9.17) is 5.73 Å².